The number of aromatic nitrogens is 1. The number of nitrogens with one attached hydrogen (secondary N) is 2. The Balaban J connectivity index is 2.64. The third kappa shape index (κ3) is 4.37. The number of nitrogens with two attached hydrogens (primary N) is 1. The lowest BCUT2D eigenvalue weighted by atomic mass is 10.2. The summed E-state index contributed by atoms with van der Waals surface area (Å²) in [6.45, 7) is -0.0320. The summed E-state index contributed by atoms with van der Waals surface area (Å²) in [5, 5.41) is 10.1. The molecule has 0 aliphatic rings. The van der Waals surface area contributed by atoms with Gasteiger partial charge in [0, 0.05) is 31.7 Å². The molecule has 0 fully saturated rings. The number of anilines is 1. The molecule has 8 heteroatoms. The van der Waals surface area contributed by atoms with Crippen LogP contribution in [0, 0.1) is 0 Å². The van der Waals surface area contributed by atoms with Gasteiger partial charge in [0.1, 0.15) is 0 Å². The van der Waals surface area contributed by atoms with Crippen LogP contribution in [0.5, 0.6) is 0 Å². The first-order valence-electron chi connectivity index (χ1n) is 4.84. The molecule has 17 heavy (non-hydrogen) atoms. The summed E-state index contributed by atoms with van der Waals surface area (Å²) >= 11 is 0. The molecule has 0 unspecified atom stereocenters. The average molecular weight is 258 g/mol. The molecule has 1 aromatic rings. The Morgan fingerprint density at radius 1 is 1.53 bits per heavy atom. The molecule has 0 aliphatic heterocycles. The van der Waals surface area contributed by atoms with E-state index in [-0.39, 0.29) is 12.3 Å². The molecular formula is C9H14N4O3S. The van der Waals surface area contributed by atoms with Crippen molar-refractivity contribution in [2.75, 3.05) is 24.7 Å². The van der Waals surface area contributed by atoms with Crippen LogP contribution in [0.4, 0.5) is 5.69 Å². The molecule has 94 valence electrons. The van der Waals surface area contributed by atoms with Crippen LogP contribution < -0.4 is 15.8 Å². The summed E-state index contributed by atoms with van der Waals surface area (Å²) in [6.07, 6.45) is 2.95. The molecular weight excluding hydrogens is 244 g/mol. The van der Waals surface area contributed by atoms with Gasteiger partial charge < -0.3 is 10.6 Å². The minimum atomic E-state index is -3.56. The maximum atomic E-state index is 11.7. The van der Waals surface area contributed by atoms with Crippen LogP contribution in [0.2, 0.25) is 0 Å². The van der Waals surface area contributed by atoms with Crippen LogP contribution in [-0.2, 0) is 10.0 Å². The van der Waals surface area contributed by atoms with Gasteiger partial charge in [0.25, 0.3) is 5.91 Å². The molecule has 1 aromatic heterocycles. The highest BCUT2D eigenvalue weighted by Crippen LogP contribution is 2.11. The van der Waals surface area contributed by atoms with Crippen molar-refractivity contribution in [1.82, 2.24) is 10.3 Å². The Morgan fingerprint density at radius 3 is 2.82 bits per heavy atom. The second kappa shape index (κ2) is 5.60. The highest BCUT2D eigenvalue weighted by molar-refractivity contribution is 7.89. The van der Waals surface area contributed by atoms with Crippen molar-refractivity contribution in [3.8, 4) is 0 Å². The van der Waals surface area contributed by atoms with Gasteiger partial charge in [-0.2, -0.15) is 0 Å². The van der Waals surface area contributed by atoms with Gasteiger partial charge in [-0.25, -0.2) is 13.6 Å². The SMILES string of the molecule is CNc1ccncc1C(=O)NCCS(N)(=O)=O. The number of primary sulfonamides is 1. The maximum Gasteiger partial charge on any atom is 0.254 e. The van der Waals surface area contributed by atoms with E-state index in [0.29, 0.717) is 11.3 Å². The third-order valence-corrected chi connectivity index (χ3v) is 2.78. The fourth-order valence-corrected chi connectivity index (χ4v) is 1.58. The topological polar surface area (TPSA) is 114 Å². The monoisotopic (exact) mass is 258 g/mol. The smallest absolute Gasteiger partial charge is 0.254 e. The molecule has 0 saturated heterocycles. The largest absolute Gasteiger partial charge is 0.387 e. The van der Waals surface area contributed by atoms with Crippen molar-refractivity contribution in [1.29, 1.82) is 0 Å². The van der Waals surface area contributed by atoms with Crippen molar-refractivity contribution in [3.05, 3.63) is 24.0 Å². The number of carbonyl (C=O) groups excluding carboxylic acids is 1. The summed E-state index contributed by atoms with van der Waals surface area (Å²) in [7, 11) is -1.89. The lowest BCUT2D eigenvalue weighted by Gasteiger charge is -2.08. The molecule has 1 amide bonds. The van der Waals surface area contributed by atoms with Crippen molar-refractivity contribution in [3.63, 3.8) is 0 Å². The molecule has 0 spiro atoms. The van der Waals surface area contributed by atoms with Gasteiger partial charge >= 0.3 is 0 Å². The van der Waals surface area contributed by atoms with Crippen molar-refractivity contribution in [2.24, 2.45) is 5.14 Å². The van der Waals surface area contributed by atoms with Gasteiger partial charge in [-0.1, -0.05) is 0 Å². The van der Waals surface area contributed by atoms with Crippen LogP contribution in [0.1, 0.15) is 10.4 Å². The Hall–Kier alpha value is -1.67. The predicted octanol–water partition coefficient (Wildman–Crippen LogP) is -0.858. The normalized spacial score (nSPS) is 10.9. The first-order valence-corrected chi connectivity index (χ1v) is 6.56. The zero-order valence-electron chi connectivity index (χ0n) is 9.30. The van der Waals surface area contributed by atoms with Gasteiger partial charge in [0.05, 0.1) is 11.3 Å². The molecule has 0 atom stereocenters. The van der Waals surface area contributed by atoms with Crippen LogP contribution >= 0.6 is 0 Å². The van der Waals surface area contributed by atoms with E-state index in [1.54, 1.807) is 19.3 Å². The van der Waals surface area contributed by atoms with Crippen molar-refractivity contribution < 1.29 is 13.2 Å². The van der Waals surface area contributed by atoms with E-state index in [1.807, 2.05) is 0 Å². The Kier molecular flexibility index (Phi) is 4.41. The highest BCUT2D eigenvalue weighted by atomic mass is 32.2. The number of sulfonamides is 1. The molecule has 7 nitrogen and oxygen atoms in total. The van der Waals surface area contributed by atoms with E-state index in [1.165, 1.54) is 6.20 Å². The van der Waals surface area contributed by atoms with Crippen molar-refractivity contribution in [2.45, 2.75) is 0 Å². The zero-order chi connectivity index (χ0) is 12.9. The van der Waals surface area contributed by atoms with E-state index in [9.17, 15) is 13.2 Å². The van der Waals surface area contributed by atoms with Gasteiger partial charge in [0.2, 0.25) is 10.0 Å². The van der Waals surface area contributed by atoms with Gasteiger partial charge in [0.15, 0.2) is 0 Å². The molecule has 0 aliphatic carbocycles. The van der Waals surface area contributed by atoms with Crippen molar-refractivity contribution >= 4 is 21.6 Å². The lowest BCUT2D eigenvalue weighted by molar-refractivity contribution is 0.0956. The number of rotatable bonds is 5. The summed E-state index contributed by atoms with van der Waals surface area (Å²) in [5.41, 5.74) is 0.970. The van der Waals surface area contributed by atoms with E-state index in [4.69, 9.17) is 5.14 Å². The minimum absolute atomic E-state index is 0.0320. The Morgan fingerprint density at radius 2 is 2.24 bits per heavy atom. The molecule has 1 heterocycles. The number of nitrogens with zero attached hydrogens (tertiary/aromatic N) is 1. The Labute approximate surface area is 99.5 Å². The molecule has 0 radical (unpaired) electrons. The third-order valence-electron chi connectivity index (χ3n) is 2.01. The van der Waals surface area contributed by atoms with Gasteiger partial charge in [-0.05, 0) is 6.07 Å². The van der Waals surface area contributed by atoms with E-state index >= 15 is 0 Å². The number of pyridine rings is 1. The second-order valence-electron chi connectivity index (χ2n) is 3.29. The molecule has 1 rings (SSSR count). The van der Waals surface area contributed by atoms with Crippen LogP contribution in [-0.4, -0.2) is 38.7 Å². The van der Waals surface area contributed by atoms with E-state index in [0.717, 1.165) is 0 Å². The number of hydrogen-bond donors (Lipinski definition) is 3. The molecule has 0 aromatic carbocycles. The van der Waals surface area contributed by atoms with Gasteiger partial charge in [-0.3, -0.25) is 9.78 Å². The molecule has 0 bridgehead atoms. The second-order valence-corrected chi connectivity index (χ2v) is 5.03. The summed E-state index contributed by atoms with van der Waals surface area (Å²) in [5.74, 6) is -0.695. The quantitative estimate of drug-likeness (QED) is 0.636. The minimum Gasteiger partial charge on any atom is -0.387 e. The number of carbonyl (C=O) groups is 1. The summed E-state index contributed by atoms with van der Waals surface area (Å²) < 4.78 is 21.3. The van der Waals surface area contributed by atoms with Crippen LogP contribution in [0.25, 0.3) is 0 Å². The lowest BCUT2D eigenvalue weighted by Crippen LogP contribution is -2.31. The number of amides is 1. The first kappa shape index (κ1) is 13.4. The zero-order valence-corrected chi connectivity index (χ0v) is 10.1. The van der Waals surface area contributed by atoms with Crippen LogP contribution in [0.3, 0.4) is 0 Å². The average Bonchev–Trinajstić information content (AvgIpc) is 2.27. The Bertz CT molecular complexity index is 501. The van der Waals surface area contributed by atoms with E-state index in [2.05, 4.69) is 15.6 Å². The standard InChI is InChI=1S/C9H14N4O3S/c1-11-8-2-3-12-6-7(8)9(14)13-4-5-17(10,15)16/h2-3,6H,4-5H2,1H3,(H,11,12)(H,13,14)(H2,10,15,16). The maximum absolute atomic E-state index is 11.7. The predicted molar refractivity (Wildman–Crippen MR) is 64.1 cm³/mol. The fourth-order valence-electron chi connectivity index (χ4n) is 1.20. The summed E-state index contributed by atoms with van der Waals surface area (Å²) in [4.78, 5) is 15.5. The number of hydrogen-bond acceptors (Lipinski definition) is 5. The summed E-state index contributed by atoms with van der Waals surface area (Å²) in [6, 6.07) is 1.65. The molecule has 0 saturated carbocycles. The molecule has 4 N–H and O–H groups in total. The van der Waals surface area contributed by atoms with E-state index < -0.39 is 15.9 Å². The highest BCUT2D eigenvalue weighted by Gasteiger charge is 2.11. The first-order chi connectivity index (χ1) is 7.94. The van der Waals surface area contributed by atoms with Gasteiger partial charge in [-0.15, -0.1) is 0 Å². The van der Waals surface area contributed by atoms with Crippen LogP contribution in [0.15, 0.2) is 18.5 Å². The fraction of sp³-hybridized carbons (Fsp3) is 0.333.